The molecule has 0 spiro atoms. The summed E-state index contributed by atoms with van der Waals surface area (Å²) in [5, 5.41) is 24.2. The van der Waals surface area contributed by atoms with Crippen LogP contribution in [0, 0.1) is 11.3 Å². The van der Waals surface area contributed by atoms with Crippen molar-refractivity contribution in [3.8, 4) is 6.07 Å². The Morgan fingerprint density at radius 1 is 0.811 bits per heavy atom. The van der Waals surface area contributed by atoms with Crippen LogP contribution in [0.4, 0.5) is 0 Å². The Labute approximate surface area is 219 Å². The van der Waals surface area contributed by atoms with E-state index in [1.807, 2.05) is 30.3 Å². The Morgan fingerprint density at radius 2 is 1.32 bits per heavy atom. The van der Waals surface area contributed by atoms with Gasteiger partial charge in [0.25, 0.3) is 0 Å². The van der Waals surface area contributed by atoms with E-state index in [0.29, 0.717) is 18.7 Å². The minimum atomic E-state index is -0.494. The number of fused-ring (bicyclic) bond motifs is 2. The molecule has 4 aromatic rings. The third-order valence-electron chi connectivity index (χ3n) is 7.96. The van der Waals surface area contributed by atoms with E-state index in [-0.39, 0.29) is 6.61 Å². The lowest BCUT2D eigenvalue weighted by Gasteiger charge is -2.32. The zero-order valence-corrected chi connectivity index (χ0v) is 22.2. The third-order valence-corrected chi connectivity index (χ3v) is 7.96. The molecule has 188 valence electrons. The molecule has 1 aliphatic rings. The van der Waals surface area contributed by atoms with Crippen LogP contribution in [-0.2, 0) is 29.0 Å². The molecule has 4 aromatic carbocycles. The summed E-state index contributed by atoms with van der Waals surface area (Å²) in [6.07, 6.45) is 0. The van der Waals surface area contributed by atoms with Gasteiger partial charge in [-0.3, -0.25) is 4.90 Å². The SMILES string of the molecule is CN(Cc1cc(C#N)ccc1B1OC(C)(C)C(C)(C)O1)Cc1c2ccccc2c(CO)c2ccccc12. The van der Waals surface area contributed by atoms with E-state index in [2.05, 4.69) is 82.1 Å². The van der Waals surface area contributed by atoms with Gasteiger partial charge < -0.3 is 14.4 Å². The molecule has 1 fully saturated rings. The second-order valence-electron chi connectivity index (χ2n) is 11.0. The van der Waals surface area contributed by atoms with Crippen molar-refractivity contribution >= 4 is 34.1 Å². The maximum Gasteiger partial charge on any atom is 0.495 e. The van der Waals surface area contributed by atoms with Gasteiger partial charge in [-0.2, -0.15) is 5.26 Å². The average molecular weight is 492 g/mol. The average Bonchev–Trinajstić information content (AvgIpc) is 3.10. The Bertz CT molecular complexity index is 1450. The maximum atomic E-state index is 10.2. The molecule has 1 aliphatic heterocycles. The second-order valence-corrected chi connectivity index (χ2v) is 11.0. The first kappa shape index (κ1) is 25.4. The highest BCUT2D eigenvalue weighted by Gasteiger charge is 2.52. The van der Waals surface area contributed by atoms with Crippen LogP contribution in [0.25, 0.3) is 21.5 Å². The number of aliphatic hydroxyl groups excluding tert-OH is 1. The monoisotopic (exact) mass is 492 g/mol. The minimum Gasteiger partial charge on any atom is -0.399 e. The van der Waals surface area contributed by atoms with Crippen molar-refractivity contribution in [2.75, 3.05) is 7.05 Å². The number of hydrogen-bond donors (Lipinski definition) is 1. The van der Waals surface area contributed by atoms with Crippen molar-refractivity contribution in [3.63, 3.8) is 0 Å². The molecule has 0 atom stereocenters. The van der Waals surface area contributed by atoms with E-state index in [0.717, 1.165) is 38.1 Å². The standard InChI is InChI=1S/C31H33BN2O3/c1-30(2)31(3,4)37-32(36-30)29-15-14-21(17-33)16-22(29)18-34(5)19-27-23-10-6-8-12-25(23)28(20-35)26-13-9-7-11-24(26)27/h6-16,35H,18-20H2,1-5H3. The highest BCUT2D eigenvalue weighted by atomic mass is 16.7. The van der Waals surface area contributed by atoms with E-state index in [1.165, 1.54) is 5.56 Å². The fourth-order valence-corrected chi connectivity index (χ4v) is 5.28. The summed E-state index contributed by atoms with van der Waals surface area (Å²) in [4.78, 5) is 2.26. The second kappa shape index (κ2) is 9.59. The lowest BCUT2D eigenvalue weighted by Crippen LogP contribution is -2.41. The van der Waals surface area contributed by atoms with Gasteiger partial charge in [-0.1, -0.05) is 54.6 Å². The molecule has 0 unspecified atom stereocenters. The van der Waals surface area contributed by atoms with Gasteiger partial charge in [0.05, 0.1) is 29.4 Å². The lowest BCUT2D eigenvalue weighted by atomic mass is 9.75. The molecular formula is C31H33BN2O3. The van der Waals surface area contributed by atoms with Crippen molar-refractivity contribution in [3.05, 3.63) is 89.0 Å². The van der Waals surface area contributed by atoms with Crippen LogP contribution >= 0.6 is 0 Å². The quantitative estimate of drug-likeness (QED) is 0.293. The van der Waals surface area contributed by atoms with Crippen LogP contribution in [0.1, 0.15) is 49.9 Å². The van der Waals surface area contributed by atoms with Gasteiger partial charge in [0.2, 0.25) is 0 Å². The number of nitriles is 1. The first-order chi connectivity index (χ1) is 17.6. The van der Waals surface area contributed by atoms with Crippen LogP contribution in [-0.4, -0.2) is 35.4 Å². The molecule has 5 nitrogen and oxygen atoms in total. The molecule has 1 saturated heterocycles. The van der Waals surface area contributed by atoms with E-state index < -0.39 is 18.3 Å². The Balaban J connectivity index is 1.53. The van der Waals surface area contributed by atoms with Crippen LogP contribution < -0.4 is 5.46 Å². The zero-order valence-electron chi connectivity index (χ0n) is 22.2. The number of rotatable bonds is 6. The van der Waals surface area contributed by atoms with Crippen molar-refractivity contribution in [1.29, 1.82) is 5.26 Å². The van der Waals surface area contributed by atoms with Crippen molar-refractivity contribution in [2.45, 2.75) is 58.6 Å². The van der Waals surface area contributed by atoms with E-state index in [1.54, 1.807) is 0 Å². The number of hydrogen-bond acceptors (Lipinski definition) is 5. The van der Waals surface area contributed by atoms with Crippen LogP contribution in [0.2, 0.25) is 0 Å². The summed E-state index contributed by atoms with van der Waals surface area (Å²) in [6.45, 7) is 9.52. The number of benzene rings is 4. The van der Waals surface area contributed by atoms with Crippen molar-refractivity contribution < 1.29 is 14.4 Å². The molecule has 0 aliphatic carbocycles. The van der Waals surface area contributed by atoms with Gasteiger partial charge in [0.15, 0.2) is 0 Å². The molecule has 0 bridgehead atoms. The van der Waals surface area contributed by atoms with Gasteiger partial charge in [-0.25, -0.2) is 0 Å². The molecule has 0 saturated carbocycles. The van der Waals surface area contributed by atoms with Crippen molar-refractivity contribution in [1.82, 2.24) is 4.90 Å². The highest BCUT2D eigenvalue weighted by Crippen LogP contribution is 2.37. The molecular weight excluding hydrogens is 459 g/mol. The molecule has 37 heavy (non-hydrogen) atoms. The summed E-state index contributed by atoms with van der Waals surface area (Å²) in [7, 11) is 1.60. The highest BCUT2D eigenvalue weighted by molar-refractivity contribution is 6.62. The van der Waals surface area contributed by atoms with Gasteiger partial charge >= 0.3 is 7.12 Å². The van der Waals surface area contributed by atoms with Gasteiger partial charge in [0.1, 0.15) is 0 Å². The van der Waals surface area contributed by atoms with Crippen LogP contribution in [0.3, 0.4) is 0 Å². The molecule has 0 amide bonds. The lowest BCUT2D eigenvalue weighted by molar-refractivity contribution is 0.00578. The third kappa shape index (κ3) is 4.54. The molecule has 0 aromatic heterocycles. The fraction of sp³-hybridized carbons (Fsp3) is 0.323. The normalized spacial score (nSPS) is 16.5. The number of aliphatic hydroxyl groups is 1. The Kier molecular flexibility index (Phi) is 6.60. The maximum absolute atomic E-state index is 10.2. The molecule has 6 heteroatoms. The van der Waals surface area contributed by atoms with Gasteiger partial charge in [-0.05, 0) is 90.6 Å². The first-order valence-electron chi connectivity index (χ1n) is 12.7. The molecule has 1 N–H and O–H groups in total. The Hall–Kier alpha value is -3.21. The zero-order chi connectivity index (χ0) is 26.4. The molecule has 5 rings (SSSR count). The van der Waals surface area contributed by atoms with Gasteiger partial charge in [0, 0.05) is 13.1 Å². The summed E-state index contributed by atoms with van der Waals surface area (Å²) in [5.41, 5.74) is 3.88. The summed E-state index contributed by atoms with van der Waals surface area (Å²) < 4.78 is 12.7. The molecule has 1 heterocycles. The fourth-order valence-electron chi connectivity index (χ4n) is 5.28. The number of nitrogens with zero attached hydrogens (tertiary/aromatic N) is 2. The first-order valence-corrected chi connectivity index (χ1v) is 12.7. The topological polar surface area (TPSA) is 65.7 Å². The minimum absolute atomic E-state index is 0.00442. The van der Waals surface area contributed by atoms with E-state index >= 15 is 0 Å². The van der Waals surface area contributed by atoms with Crippen molar-refractivity contribution in [2.24, 2.45) is 0 Å². The predicted molar refractivity (Wildman–Crippen MR) is 149 cm³/mol. The summed E-state index contributed by atoms with van der Waals surface area (Å²) in [5.74, 6) is 0. The summed E-state index contributed by atoms with van der Waals surface area (Å²) in [6, 6.07) is 24.6. The molecule has 0 radical (unpaired) electrons. The predicted octanol–water partition coefficient (Wildman–Crippen LogP) is 5.29. The van der Waals surface area contributed by atoms with Crippen LogP contribution in [0.5, 0.6) is 0 Å². The Morgan fingerprint density at radius 3 is 1.81 bits per heavy atom. The smallest absolute Gasteiger partial charge is 0.399 e. The van der Waals surface area contributed by atoms with E-state index in [9.17, 15) is 10.4 Å². The largest absolute Gasteiger partial charge is 0.495 e. The van der Waals surface area contributed by atoms with Crippen LogP contribution in [0.15, 0.2) is 66.7 Å². The summed E-state index contributed by atoms with van der Waals surface area (Å²) >= 11 is 0. The van der Waals surface area contributed by atoms with Gasteiger partial charge in [-0.15, -0.1) is 0 Å². The van der Waals surface area contributed by atoms with E-state index in [4.69, 9.17) is 9.31 Å².